The summed E-state index contributed by atoms with van der Waals surface area (Å²) in [6.45, 7) is 2.61. The van der Waals surface area contributed by atoms with E-state index in [0.717, 1.165) is 5.56 Å². The van der Waals surface area contributed by atoms with E-state index in [1.807, 2.05) is 37.3 Å². The number of nitrogens with one attached hydrogen (secondary N) is 1. The van der Waals surface area contributed by atoms with E-state index in [1.165, 1.54) is 0 Å². The first kappa shape index (κ1) is 19.8. The minimum atomic E-state index is -1.32. The maximum Gasteiger partial charge on any atom is 1.00 e. The van der Waals surface area contributed by atoms with Crippen LogP contribution in [0, 0.1) is 5.41 Å². The van der Waals surface area contributed by atoms with E-state index in [1.54, 1.807) is 0 Å². The Morgan fingerprint density at radius 1 is 1.22 bits per heavy atom. The van der Waals surface area contributed by atoms with Crippen LogP contribution in [0.1, 0.15) is 25.3 Å². The van der Waals surface area contributed by atoms with E-state index in [2.05, 4.69) is 10.3 Å². The summed E-state index contributed by atoms with van der Waals surface area (Å²) in [6, 6.07) is 8.69. The van der Waals surface area contributed by atoms with E-state index in [0.29, 0.717) is 19.4 Å². The van der Waals surface area contributed by atoms with Gasteiger partial charge >= 0.3 is 35.6 Å². The Morgan fingerprint density at radius 3 is 2.52 bits per heavy atom. The minimum Gasteiger partial charge on any atom is -0.861 e. The number of hydrogen-bond acceptors (Lipinski definition) is 4. The number of nitrogens with zero attached hydrogens (tertiary/aromatic N) is 1. The van der Waals surface area contributed by atoms with Crippen molar-refractivity contribution >= 4 is 17.8 Å². The van der Waals surface area contributed by atoms with Gasteiger partial charge in [-0.1, -0.05) is 30.3 Å². The van der Waals surface area contributed by atoms with E-state index in [4.69, 9.17) is 4.74 Å². The van der Waals surface area contributed by atoms with E-state index < -0.39 is 23.3 Å². The molecule has 2 rings (SSSR count). The zero-order valence-electron chi connectivity index (χ0n) is 13.5. The Balaban J connectivity index is 0.00000264. The summed E-state index contributed by atoms with van der Waals surface area (Å²) >= 11 is 0. The van der Waals surface area contributed by atoms with E-state index in [-0.39, 0.29) is 42.6 Å². The van der Waals surface area contributed by atoms with Gasteiger partial charge in [0.2, 0.25) is 5.91 Å². The molecule has 0 saturated heterocycles. The maximum absolute atomic E-state index is 12.3. The van der Waals surface area contributed by atoms with Crippen LogP contribution in [0.25, 0.3) is 0 Å². The fraction of sp³-hybridized carbons (Fsp3) is 0.438. The molecule has 1 N–H and O–H groups in total. The summed E-state index contributed by atoms with van der Waals surface area (Å²) in [5.41, 5.74) is -0.297. The van der Waals surface area contributed by atoms with Gasteiger partial charge < -0.3 is 9.84 Å². The van der Waals surface area contributed by atoms with Gasteiger partial charge in [0.05, 0.1) is 5.41 Å². The van der Waals surface area contributed by atoms with Gasteiger partial charge in [0, 0.05) is 13.2 Å². The van der Waals surface area contributed by atoms with Crippen LogP contribution < -0.4 is 40.0 Å². The summed E-state index contributed by atoms with van der Waals surface area (Å²) < 4.78 is 5.28. The van der Waals surface area contributed by atoms with Crippen molar-refractivity contribution in [1.29, 1.82) is 0 Å². The van der Waals surface area contributed by atoms with Gasteiger partial charge in [-0.2, -0.15) is 0 Å². The van der Waals surface area contributed by atoms with Gasteiger partial charge in [-0.15, -0.1) is 0 Å². The topological polar surface area (TPSA) is 90.8 Å². The molecular weight excluding hydrogens is 307 g/mol. The monoisotopic (exact) mass is 326 g/mol. The number of aryl methyl sites for hydroxylation is 1. The van der Waals surface area contributed by atoms with Crippen molar-refractivity contribution in [2.75, 3.05) is 13.2 Å². The third-order valence-electron chi connectivity index (χ3n) is 3.83. The van der Waals surface area contributed by atoms with Crippen molar-refractivity contribution in [3.63, 3.8) is 0 Å². The predicted molar refractivity (Wildman–Crippen MR) is 79.3 cm³/mol. The average Bonchev–Trinajstić information content (AvgIpc) is 2.50. The molecule has 0 radical (unpaired) electrons. The number of urea groups is 1. The third kappa shape index (κ3) is 4.88. The quantitative estimate of drug-likeness (QED) is 0.465. The molecule has 1 aliphatic rings. The number of rotatable bonds is 7. The van der Waals surface area contributed by atoms with Crippen molar-refractivity contribution in [2.24, 2.45) is 10.4 Å². The Morgan fingerprint density at radius 2 is 1.91 bits per heavy atom. The number of carbonyl (C=O) groups is 2. The second kappa shape index (κ2) is 9.17. The Bertz CT molecular complexity index is 577. The first-order valence-electron chi connectivity index (χ1n) is 7.32. The molecule has 6 nitrogen and oxygen atoms in total. The fourth-order valence-corrected chi connectivity index (χ4v) is 2.50. The van der Waals surface area contributed by atoms with Gasteiger partial charge in [0.1, 0.15) is 0 Å². The van der Waals surface area contributed by atoms with Crippen molar-refractivity contribution in [3.8, 4) is 0 Å². The van der Waals surface area contributed by atoms with Crippen LogP contribution in [-0.2, 0) is 16.0 Å². The van der Waals surface area contributed by atoms with Crippen molar-refractivity contribution in [1.82, 2.24) is 5.32 Å². The molecule has 7 heteroatoms. The number of ether oxygens (including phenoxy) is 1. The fourth-order valence-electron chi connectivity index (χ4n) is 2.50. The van der Waals surface area contributed by atoms with Gasteiger partial charge in [0.25, 0.3) is 0 Å². The molecule has 1 aliphatic heterocycles. The molecule has 0 saturated carbocycles. The van der Waals surface area contributed by atoms with Crippen LogP contribution in [0.4, 0.5) is 4.79 Å². The maximum atomic E-state index is 12.3. The summed E-state index contributed by atoms with van der Waals surface area (Å²) in [7, 11) is 0. The molecular formula is C16H19N2NaO4. The van der Waals surface area contributed by atoms with Crippen LogP contribution in [-0.4, -0.2) is 31.0 Å². The molecule has 1 aromatic rings. The molecule has 0 spiro atoms. The summed E-state index contributed by atoms with van der Waals surface area (Å²) in [4.78, 5) is 26.9. The number of amides is 3. The van der Waals surface area contributed by atoms with Crippen LogP contribution >= 0.6 is 0 Å². The third-order valence-corrected chi connectivity index (χ3v) is 3.83. The molecule has 1 aromatic carbocycles. The number of carbonyl (C=O) groups excluding carboxylic acids is 2. The van der Waals surface area contributed by atoms with Crippen LogP contribution in [0.5, 0.6) is 0 Å². The average molecular weight is 326 g/mol. The molecule has 0 aliphatic carbocycles. The first-order chi connectivity index (χ1) is 10.6. The molecule has 118 valence electrons. The van der Waals surface area contributed by atoms with Crippen molar-refractivity contribution in [2.45, 2.75) is 26.2 Å². The summed E-state index contributed by atoms with van der Waals surface area (Å²) in [5, 5.41) is 14.4. The largest absolute Gasteiger partial charge is 1.00 e. The number of aliphatic imine (C=N–C) groups is 1. The SMILES string of the molecule is CCOCCC1(CCc2ccccc2)C(=O)NC(=O)N=C1[O-].[Na+]. The Kier molecular flexibility index (Phi) is 7.91. The molecule has 0 aromatic heterocycles. The minimum absolute atomic E-state index is 0. The molecule has 0 bridgehead atoms. The van der Waals surface area contributed by atoms with Crippen LogP contribution in [0.3, 0.4) is 0 Å². The molecule has 1 atom stereocenters. The van der Waals surface area contributed by atoms with Gasteiger partial charge in [-0.05, 0) is 37.6 Å². The molecule has 3 amide bonds. The van der Waals surface area contributed by atoms with Gasteiger partial charge in [0.15, 0.2) is 0 Å². The Labute approximate surface area is 157 Å². The zero-order chi connectivity index (χ0) is 16.0. The van der Waals surface area contributed by atoms with Crippen LogP contribution in [0.15, 0.2) is 35.3 Å². The van der Waals surface area contributed by atoms with E-state index in [9.17, 15) is 14.7 Å². The zero-order valence-corrected chi connectivity index (χ0v) is 15.5. The number of hydrogen-bond donors (Lipinski definition) is 1. The van der Waals surface area contributed by atoms with Crippen molar-refractivity contribution < 1.29 is 49.0 Å². The Hall–Kier alpha value is -1.21. The van der Waals surface area contributed by atoms with Gasteiger partial charge in [-0.25, -0.2) is 9.79 Å². The first-order valence-corrected chi connectivity index (χ1v) is 7.32. The smallest absolute Gasteiger partial charge is 0.861 e. The van der Waals surface area contributed by atoms with E-state index >= 15 is 0 Å². The summed E-state index contributed by atoms with van der Waals surface area (Å²) in [5.74, 6) is -1.25. The standard InChI is InChI=1S/C16H20N2O4.Na/c1-2-22-11-10-16(9-8-12-6-4-3-5-7-12)13(19)17-15(21)18-14(16)20;/h3-7H,2,8-11H2,1H3,(H2,17,18,19,20,21);/q;+1/p-1. The molecule has 1 unspecified atom stereocenters. The molecule has 1 heterocycles. The predicted octanol–water partition coefficient (Wildman–Crippen LogP) is -1.96. The normalized spacial score (nSPS) is 20.5. The summed E-state index contributed by atoms with van der Waals surface area (Å²) in [6.07, 6.45) is 1.07. The number of benzene rings is 1. The van der Waals surface area contributed by atoms with Crippen LogP contribution in [0.2, 0.25) is 0 Å². The van der Waals surface area contributed by atoms with Crippen molar-refractivity contribution in [3.05, 3.63) is 35.9 Å². The molecule has 0 fully saturated rings. The van der Waals surface area contributed by atoms with Gasteiger partial charge in [-0.3, -0.25) is 10.1 Å². The number of imide groups is 1. The second-order valence-electron chi connectivity index (χ2n) is 5.19. The second-order valence-corrected chi connectivity index (χ2v) is 5.19. The molecule has 23 heavy (non-hydrogen) atoms.